The number of aliphatic hydroxyl groups is 1. The van der Waals surface area contributed by atoms with Crippen molar-refractivity contribution in [1.29, 1.82) is 0 Å². The number of hydrogen-bond donors (Lipinski definition) is 1. The summed E-state index contributed by atoms with van der Waals surface area (Å²) in [5.41, 5.74) is 0.440. The maximum Gasteiger partial charge on any atom is 0.289 e. The Morgan fingerprint density at radius 2 is 1.78 bits per heavy atom. The van der Waals surface area contributed by atoms with Crippen molar-refractivity contribution in [1.82, 2.24) is 14.9 Å². The molecule has 0 saturated heterocycles. The monoisotopic (exact) mass is 311 g/mol. The van der Waals surface area contributed by atoms with Crippen LogP contribution in [-0.2, 0) is 4.79 Å². The van der Waals surface area contributed by atoms with Crippen LogP contribution in [0.5, 0.6) is 11.5 Å². The fourth-order valence-electron chi connectivity index (χ4n) is 2.33. The first-order valence-electron chi connectivity index (χ1n) is 7.34. The first-order valence-corrected chi connectivity index (χ1v) is 7.34. The zero-order chi connectivity index (χ0) is 16.4. The number of benzene rings is 1. The summed E-state index contributed by atoms with van der Waals surface area (Å²) in [6, 6.07) is 9.31. The van der Waals surface area contributed by atoms with Crippen LogP contribution in [0.2, 0.25) is 0 Å². The molecular formula is C17H17N3O3. The van der Waals surface area contributed by atoms with E-state index in [1.54, 1.807) is 4.90 Å². The van der Waals surface area contributed by atoms with E-state index < -0.39 is 0 Å². The van der Waals surface area contributed by atoms with Crippen molar-refractivity contribution in [3.8, 4) is 11.5 Å². The van der Waals surface area contributed by atoms with E-state index in [2.05, 4.69) is 9.97 Å². The first-order chi connectivity index (χ1) is 11.1. The molecule has 1 aliphatic heterocycles. The molecule has 0 fully saturated rings. The highest BCUT2D eigenvalue weighted by atomic mass is 16.5. The van der Waals surface area contributed by atoms with Gasteiger partial charge >= 0.3 is 0 Å². The lowest BCUT2D eigenvalue weighted by molar-refractivity contribution is -0.129. The Labute approximate surface area is 134 Å². The standard InChI is InChI=1S/C17H17N3O3/c1-11(2)20-10-14(15(21)17(20)22)16-18-8-13(9-19-16)23-12-6-4-3-5-7-12/h3-9,11,21H,10H2,1-2H3. The highest BCUT2D eigenvalue weighted by Gasteiger charge is 2.33. The molecule has 0 unspecified atom stereocenters. The average Bonchev–Trinajstić information content (AvgIpc) is 2.85. The quantitative estimate of drug-likeness (QED) is 0.939. The molecule has 0 spiro atoms. The smallest absolute Gasteiger partial charge is 0.289 e. The number of carbonyl (C=O) groups is 1. The van der Waals surface area contributed by atoms with Gasteiger partial charge in [-0.3, -0.25) is 4.79 Å². The van der Waals surface area contributed by atoms with Gasteiger partial charge in [0.15, 0.2) is 17.3 Å². The maximum absolute atomic E-state index is 12.0. The zero-order valence-corrected chi connectivity index (χ0v) is 12.9. The molecule has 1 aliphatic rings. The SMILES string of the molecule is CC(C)N1CC(c2ncc(Oc3ccccc3)cn2)=C(O)C1=O. The lowest BCUT2D eigenvalue weighted by Crippen LogP contribution is -2.33. The lowest BCUT2D eigenvalue weighted by atomic mass is 10.2. The average molecular weight is 311 g/mol. The van der Waals surface area contributed by atoms with Gasteiger partial charge in [0, 0.05) is 6.04 Å². The molecule has 3 rings (SSSR count). The van der Waals surface area contributed by atoms with Crippen LogP contribution in [0.1, 0.15) is 19.7 Å². The van der Waals surface area contributed by atoms with Crippen LogP contribution < -0.4 is 4.74 Å². The zero-order valence-electron chi connectivity index (χ0n) is 12.9. The molecule has 23 heavy (non-hydrogen) atoms. The minimum absolute atomic E-state index is 0.00263. The fourth-order valence-corrected chi connectivity index (χ4v) is 2.33. The summed E-state index contributed by atoms with van der Waals surface area (Å²) in [5, 5.41) is 10.0. The van der Waals surface area contributed by atoms with E-state index in [-0.39, 0.29) is 17.7 Å². The summed E-state index contributed by atoms with van der Waals surface area (Å²) in [5.74, 6) is 0.844. The Balaban J connectivity index is 1.79. The third kappa shape index (κ3) is 3.01. The summed E-state index contributed by atoms with van der Waals surface area (Å²) >= 11 is 0. The van der Waals surface area contributed by atoms with Crippen LogP contribution >= 0.6 is 0 Å². The van der Waals surface area contributed by atoms with Gasteiger partial charge in [-0.15, -0.1) is 0 Å². The van der Waals surface area contributed by atoms with Crippen LogP contribution in [0.15, 0.2) is 48.5 Å². The maximum atomic E-state index is 12.0. The summed E-state index contributed by atoms with van der Waals surface area (Å²) in [6.07, 6.45) is 3.05. The molecule has 1 amide bonds. The van der Waals surface area contributed by atoms with Gasteiger partial charge in [0.1, 0.15) is 5.75 Å². The normalized spacial score (nSPS) is 14.7. The van der Waals surface area contributed by atoms with Gasteiger partial charge in [0.2, 0.25) is 0 Å². The molecule has 1 aromatic carbocycles. The molecule has 0 saturated carbocycles. The molecule has 1 aromatic heterocycles. The summed E-state index contributed by atoms with van der Waals surface area (Å²) in [4.78, 5) is 22.0. The molecule has 0 radical (unpaired) electrons. The lowest BCUT2D eigenvalue weighted by Gasteiger charge is -2.20. The van der Waals surface area contributed by atoms with Crippen molar-refractivity contribution in [2.45, 2.75) is 19.9 Å². The summed E-state index contributed by atoms with van der Waals surface area (Å²) in [7, 11) is 0. The molecule has 1 N–H and O–H groups in total. The number of ether oxygens (including phenoxy) is 1. The third-order valence-corrected chi connectivity index (χ3v) is 3.58. The third-order valence-electron chi connectivity index (χ3n) is 3.58. The Morgan fingerprint density at radius 1 is 1.13 bits per heavy atom. The van der Waals surface area contributed by atoms with Gasteiger partial charge < -0.3 is 14.7 Å². The second kappa shape index (κ2) is 6.08. The van der Waals surface area contributed by atoms with Crippen molar-refractivity contribution >= 4 is 11.5 Å². The van der Waals surface area contributed by atoms with E-state index in [0.29, 0.717) is 29.4 Å². The van der Waals surface area contributed by atoms with Crippen LogP contribution in [0.4, 0.5) is 0 Å². The summed E-state index contributed by atoms with van der Waals surface area (Å²) < 4.78 is 5.62. The number of rotatable bonds is 4. The predicted molar refractivity (Wildman–Crippen MR) is 84.9 cm³/mol. The number of nitrogens with zero attached hydrogens (tertiary/aromatic N) is 3. The summed E-state index contributed by atoms with van der Waals surface area (Å²) in [6.45, 7) is 4.10. The van der Waals surface area contributed by atoms with E-state index in [9.17, 15) is 9.90 Å². The molecule has 0 aliphatic carbocycles. The largest absolute Gasteiger partial charge is 0.503 e. The van der Waals surface area contributed by atoms with Gasteiger partial charge in [-0.25, -0.2) is 9.97 Å². The fraction of sp³-hybridized carbons (Fsp3) is 0.235. The van der Waals surface area contributed by atoms with E-state index in [0.717, 1.165) is 0 Å². The van der Waals surface area contributed by atoms with Crippen LogP contribution in [-0.4, -0.2) is 38.5 Å². The van der Waals surface area contributed by atoms with Gasteiger partial charge in [-0.1, -0.05) is 18.2 Å². The topological polar surface area (TPSA) is 75.6 Å². The number of aliphatic hydroxyl groups excluding tert-OH is 1. The number of aromatic nitrogens is 2. The Hall–Kier alpha value is -2.89. The van der Waals surface area contributed by atoms with Gasteiger partial charge in [0.25, 0.3) is 5.91 Å². The Kier molecular flexibility index (Phi) is 3.97. The Bertz CT molecular complexity index is 739. The van der Waals surface area contributed by atoms with E-state index in [4.69, 9.17) is 4.74 Å². The molecule has 0 bridgehead atoms. The number of amides is 1. The molecular weight excluding hydrogens is 294 g/mol. The highest BCUT2D eigenvalue weighted by molar-refractivity contribution is 6.03. The van der Waals surface area contributed by atoms with Crippen molar-refractivity contribution in [3.05, 3.63) is 54.3 Å². The highest BCUT2D eigenvalue weighted by Crippen LogP contribution is 2.26. The van der Waals surface area contributed by atoms with E-state index in [1.165, 1.54) is 12.4 Å². The number of hydrogen-bond acceptors (Lipinski definition) is 5. The van der Waals surface area contributed by atoms with Gasteiger partial charge in [-0.05, 0) is 26.0 Å². The molecule has 118 valence electrons. The second-order valence-electron chi connectivity index (χ2n) is 5.51. The van der Waals surface area contributed by atoms with Crippen molar-refractivity contribution in [2.75, 3.05) is 6.54 Å². The number of para-hydroxylation sites is 1. The number of carbonyl (C=O) groups excluding carboxylic acids is 1. The minimum atomic E-state index is -0.386. The predicted octanol–water partition coefficient (Wildman–Crippen LogP) is 2.79. The van der Waals surface area contributed by atoms with Crippen LogP contribution in [0.25, 0.3) is 5.57 Å². The van der Waals surface area contributed by atoms with Gasteiger partial charge in [0.05, 0.1) is 24.5 Å². The molecule has 2 aromatic rings. The van der Waals surface area contributed by atoms with E-state index >= 15 is 0 Å². The van der Waals surface area contributed by atoms with Gasteiger partial charge in [-0.2, -0.15) is 0 Å². The van der Waals surface area contributed by atoms with Crippen molar-refractivity contribution < 1.29 is 14.6 Å². The second-order valence-corrected chi connectivity index (χ2v) is 5.51. The minimum Gasteiger partial charge on any atom is -0.503 e. The molecule has 6 heteroatoms. The van der Waals surface area contributed by atoms with Crippen LogP contribution in [0.3, 0.4) is 0 Å². The Morgan fingerprint density at radius 3 is 2.35 bits per heavy atom. The first kappa shape index (κ1) is 15.0. The van der Waals surface area contributed by atoms with Crippen molar-refractivity contribution in [2.24, 2.45) is 0 Å². The molecule has 6 nitrogen and oxygen atoms in total. The molecule has 0 atom stereocenters. The van der Waals surface area contributed by atoms with Crippen molar-refractivity contribution in [3.63, 3.8) is 0 Å². The van der Waals surface area contributed by atoms with E-state index in [1.807, 2.05) is 44.2 Å². The molecule has 2 heterocycles. The van der Waals surface area contributed by atoms with Crippen LogP contribution in [0, 0.1) is 0 Å².